The molecule has 0 spiro atoms. The Bertz CT molecular complexity index is 2330. The van der Waals surface area contributed by atoms with Gasteiger partial charge in [-0.3, -0.25) is 0 Å². The van der Waals surface area contributed by atoms with Crippen molar-refractivity contribution in [3.05, 3.63) is 191 Å². The first-order valence-electron chi connectivity index (χ1n) is 18.0. The van der Waals surface area contributed by atoms with Crippen molar-refractivity contribution in [3.63, 3.8) is 0 Å². The summed E-state index contributed by atoms with van der Waals surface area (Å²) in [6.07, 6.45) is 0. The van der Waals surface area contributed by atoms with Gasteiger partial charge in [-0.25, -0.2) is 4.79 Å². The lowest BCUT2D eigenvalue weighted by Gasteiger charge is -2.26. The number of hydrogen-bond donors (Lipinski definition) is 2. The van der Waals surface area contributed by atoms with Crippen LogP contribution in [0.15, 0.2) is 158 Å². The number of anilines is 2. The van der Waals surface area contributed by atoms with Crippen LogP contribution in [-0.4, -0.2) is 22.9 Å². The fourth-order valence-electron chi connectivity index (χ4n) is 6.38. The minimum absolute atomic E-state index is 0.0276. The molecular formula is C45H44N2O7S2. The van der Waals surface area contributed by atoms with E-state index in [1.165, 1.54) is 24.3 Å². The number of urea groups is 1. The normalized spacial score (nSPS) is 12.1. The van der Waals surface area contributed by atoms with Gasteiger partial charge in [0.1, 0.15) is 23.0 Å². The second-order valence-electron chi connectivity index (χ2n) is 14.6. The zero-order valence-electron chi connectivity index (χ0n) is 31.6. The van der Waals surface area contributed by atoms with Crippen LogP contribution in [0.5, 0.6) is 11.5 Å². The largest absolute Gasteiger partial charge is 0.382 e. The first kappa shape index (κ1) is 39.8. The molecule has 9 nitrogen and oxygen atoms in total. The summed E-state index contributed by atoms with van der Waals surface area (Å²) in [5.74, 6) is -0.630. The Kier molecular flexibility index (Phi) is 11.7. The Hall–Kier alpha value is -5.91. The van der Waals surface area contributed by atoms with Crippen LogP contribution in [0.4, 0.5) is 16.2 Å². The van der Waals surface area contributed by atoms with Crippen molar-refractivity contribution >= 4 is 37.6 Å². The summed E-state index contributed by atoms with van der Waals surface area (Å²) >= 11 is 0. The van der Waals surface area contributed by atoms with Gasteiger partial charge in [-0.1, -0.05) is 149 Å². The SMILES string of the molecule is CC(C)(c1ccccc1)c1ccc(CS(=O)(=O)Oc2cccc(NC(=O)Nc3cccc(OS(=O)(=O)Cc4ccc(C(C)(C)c5ccccc5)cc4)c3)c2)cc1. The molecule has 2 amide bonds. The molecule has 6 aromatic rings. The van der Waals surface area contributed by atoms with Crippen LogP contribution in [0.3, 0.4) is 0 Å². The highest BCUT2D eigenvalue weighted by molar-refractivity contribution is 7.86. The molecule has 0 unspecified atom stereocenters. The third-order valence-electron chi connectivity index (χ3n) is 9.66. The molecule has 0 radical (unpaired) electrons. The quantitative estimate of drug-likeness (QED) is 0.105. The van der Waals surface area contributed by atoms with Crippen molar-refractivity contribution in [1.82, 2.24) is 0 Å². The predicted octanol–water partition coefficient (Wildman–Crippen LogP) is 9.80. The van der Waals surface area contributed by atoms with Gasteiger partial charge in [0.25, 0.3) is 0 Å². The molecule has 6 aromatic carbocycles. The van der Waals surface area contributed by atoms with Gasteiger partial charge < -0.3 is 19.0 Å². The molecule has 0 saturated carbocycles. The molecule has 6 rings (SSSR count). The topological polar surface area (TPSA) is 128 Å². The fourth-order valence-corrected chi connectivity index (χ4v) is 8.50. The predicted molar refractivity (Wildman–Crippen MR) is 222 cm³/mol. The Morgan fingerprint density at radius 1 is 0.464 bits per heavy atom. The first-order chi connectivity index (χ1) is 26.6. The fraction of sp³-hybridized carbons (Fsp3) is 0.178. The van der Waals surface area contributed by atoms with Crippen LogP contribution >= 0.6 is 0 Å². The summed E-state index contributed by atoms with van der Waals surface area (Å²) in [6.45, 7) is 8.47. The molecule has 0 saturated heterocycles. The average Bonchev–Trinajstić information content (AvgIpc) is 3.15. The number of benzene rings is 6. The summed E-state index contributed by atoms with van der Waals surface area (Å²) < 4.78 is 62.8. The smallest absolute Gasteiger partial charge is 0.323 e. The van der Waals surface area contributed by atoms with E-state index in [1.54, 1.807) is 48.5 Å². The van der Waals surface area contributed by atoms with E-state index in [9.17, 15) is 21.6 Å². The van der Waals surface area contributed by atoms with Gasteiger partial charge in [0.05, 0.1) is 0 Å². The van der Waals surface area contributed by atoms with Gasteiger partial charge in [0.15, 0.2) is 0 Å². The van der Waals surface area contributed by atoms with Gasteiger partial charge in [-0.15, -0.1) is 0 Å². The number of amides is 2. The minimum atomic E-state index is -4.03. The van der Waals surface area contributed by atoms with Crippen molar-refractivity contribution in [1.29, 1.82) is 0 Å². The van der Waals surface area contributed by atoms with Gasteiger partial charge in [0.2, 0.25) is 0 Å². The number of hydrogen-bond acceptors (Lipinski definition) is 7. The molecule has 0 fully saturated rings. The Labute approximate surface area is 329 Å². The molecule has 0 aliphatic heterocycles. The zero-order valence-corrected chi connectivity index (χ0v) is 33.2. The average molecular weight is 789 g/mol. The summed E-state index contributed by atoms with van der Waals surface area (Å²) in [4.78, 5) is 12.9. The van der Waals surface area contributed by atoms with Crippen molar-refractivity contribution in [3.8, 4) is 11.5 Å². The van der Waals surface area contributed by atoms with E-state index in [0.29, 0.717) is 11.1 Å². The molecule has 0 aliphatic carbocycles. The maximum Gasteiger partial charge on any atom is 0.323 e. The Morgan fingerprint density at radius 2 is 0.804 bits per heavy atom. The second-order valence-corrected chi connectivity index (χ2v) is 17.7. The highest BCUT2D eigenvalue weighted by atomic mass is 32.2. The maximum absolute atomic E-state index is 13.0. The molecule has 0 atom stereocenters. The molecule has 56 heavy (non-hydrogen) atoms. The molecule has 288 valence electrons. The lowest BCUT2D eigenvalue weighted by molar-refractivity contribution is 0.262. The van der Waals surface area contributed by atoms with Crippen LogP contribution < -0.4 is 19.0 Å². The summed E-state index contributed by atoms with van der Waals surface area (Å²) in [5, 5.41) is 5.28. The number of carbonyl (C=O) groups excluding carboxylic acids is 1. The number of rotatable bonds is 14. The van der Waals surface area contributed by atoms with E-state index in [4.69, 9.17) is 8.37 Å². The van der Waals surface area contributed by atoms with E-state index in [-0.39, 0.29) is 45.2 Å². The maximum atomic E-state index is 13.0. The molecular weight excluding hydrogens is 745 g/mol. The molecule has 11 heteroatoms. The van der Waals surface area contributed by atoms with Crippen LogP contribution in [0.2, 0.25) is 0 Å². The Morgan fingerprint density at radius 3 is 1.16 bits per heavy atom. The zero-order chi connectivity index (χ0) is 40.0. The summed E-state index contributed by atoms with van der Waals surface area (Å²) in [7, 11) is -8.06. The molecule has 0 aromatic heterocycles. The third-order valence-corrected chi connectivity index (χ3v) is 11.9. The van der Waals surface area contributed by atoms with Gasteiger partial charge in [-0.2, -0.15) is 16.8 Å². The van der Waals surface area contributed by atoms with E-state index in [1.807, 2.05) is 60.7 Å². The lowest BCUT2D eigenvalue weighted by atomic mass is 9.78. The monoisotopic (exact) mass is 788 g/mol. The van der Waals surface area contributed by atoms with Crippen molar-refractivity contribution in [2.45, 2.75) is 50.0 Å². The van der Waals surface area contributed by atoms with Crippen LogP contribution in [-0.2, 0) is 42.6 Å². The van der Waals surface area contributed by atoms with Crippen LogP contribution in [0.25, 0.3) is 0 Å². The first-order valence-corrected chi connectivity index (χ1v) is 21.2. The lowest BCUT2D eigenvalue weighted by Crippen LogP contribution is -2.20. The van der Waals surface area contributed by atoms with Gasteiger partial charge in [-0.05, 0) is 57.6 Å². The molecule has 0 aliphatic rings. The van der Waals surface area contributed by atoms with E-state index in [0.717, 1.165) is 22.3 Å². The molecule has 0 heterocycles. The number of nitrogens with one attached hydrogen (secondary N) is 2. The summed E-state index contributed by atoms with van der Waals surface area (Å²) in [6, 6.07) is 46.4. The Balaban J connectivity index is 1.02. The van der Waals surface area contributed by atoms with Gasteiger partial charge >= 0.3 is 26.3 Å². The minimum Gasteiger partial charge on any atom is -0.382 e. The van der Waals surface area contributed by atoms with Crippen molar-refractivity contribution < 1.29 is 30.0 Å². The molecule has 2 N–H and O–H groups in total. The van der Waals surface area contributed by atoms with Crippen LogP contribution in [0, 0.1) is 0 Å². The van der Waals surface area contributed by atoms with Gasteiger partial charge in [0, 0.05) is 34.3 Å². The van der Waals surface area contributed by atoms with E-state index >= 15 is 0 Å². The number of carbonyl (C=O) groups is 1. The third kappa shape index (κ3) is 10.2. The van der Waals surface area contributed by atoms with E-state index < -0.39 is 26.3 Å². The standard InChI is InChI=1S/C45H44N2O7S2/c1-44(2,35-13-7-5-8-14-35)37-25-21-33(22-26-37)31-55(49,50)53-41-19-11-17-39(29-41)46-43(48)47-40-18-12-20-42(30-40)54-56(51,52)32-34-23-27-38(28-24-34)45(3,4)36-15-9-6-10-16-36/h5-30H,31-32H2,1-4H3,(H2,46,47,48). The van der Waals surface area contributed by atoms with E-state index in [2.05, 4.69) is 62.6 Å². The highest BCUT2D eigenvalue weighted by Crippen LogP contribution is 2.33. The van der Waals surface area contributed by atoms with Crippen molar-refractivity contribution in [2.24, 2.45) is 0 Å². The second kappa shape index (κ2) is 16.4. The van der Waals surface area contributed by atoms with Crippen LogP contribution in [0.1, 0.15) is 61.1 Å². The molecule has 0 bridgehead atoms. The van der Waals surface area contributed by atoms with Crippen molar-refractivity contribution in [2.75, 3.05) is 10.6 Å². The summed E-state index contributed by atoms with van der Waals surface area (Å²) in [5.41, 5.74) is 5.56. The highest BCUT2D eigenvalue weighted by Gasteiger charge is 2.25.